The molecule has 0 spiro atoms. The molecule has 3 aliphatic rings. The number of carbonyl (C=O) groups excluding carboxylic acids is 2. The van der Waals surface area contributed by atoms with Gasteiger partial charge in [0.2, 0.25) is 5.91 Å². The molecule has 1 saturated heterocycles. The minimum Gasteiger partial charge on any atom is -0.490 e. The summed E-state index contributed by atoms with van der Waals surface area (Å²) in [6.45, 7) is 7.58. The number of ether oxygens (including phenoxy) is 2. The smallest absolute Gasteiger partial charge is 0.269 e. The zero-order valence-corrected chi connectivity index (χ0v) is 23.8. The number of piperazine rings is 1. The van der Waals surface area contributed by atoms with Crippen molar-refractivity contribution in [3.05, 3.63) is 93.0 Å². The molecule has 10 nitrogen and oxygen atoms in total. The Hall–Kier alpha value is -4.60. The highest BCUT2D eigenvalue weighted by Crippen LogP contribution is 2.49. The van der Waals surface area contributed by atoms with Crippen molar-refractivity contribution < 1.29 is 24.0 Å². The van der Waals surface area contributed by atoms with Crippen LogP contribution < -0.4 is 14.4 Å². The number of carbonyl (C=O) groups is 2. The molecule has 0 bridgehead atoms. The number of hydrogen-bond acceptors (Lipinski definition) is 7. The van der Waals surface area contributed by atoms with Crippen LogP contribution in [0.15, 0.2) is 60.7 Å². The van der Waals surface area contributed by atoms with Crippen LogP contribution >= 0.6 is 0 Å². The highest BCUT2D eigenvalue weighted by molar-refractivity contribution is 6.01. The fourth-order valence-electron chi connectivity index (χ4n) is 6.50. The maximum atomic E-state index is 14.5. The fraction of sp³-hybridized carbons (Fsp3) is 0.375. The number of amides is 2. The highest BCUT2D eigenvalue weighted by Gasteiger charge is 2.48. The minimum absolute atomic E-state index is 0.00649. The molecule has 0 unspecified atom stereocenters. The number of nitro groups is 1. The van der Waals surface area contributed by atoms with Gasteiger partial charge in [0.25, 0.3) is 11.6 Å². The molecule has 0 saturated carbocycles. The van der Waals surface area contributed by atoms with E-state index in [1.165, 1.54) is 12.1 Å². The Bertz CT molecular complexity index is 1520. The van der Waals surface area contributed by atoms with Gasteiger partial charge in [-0.05, 0) is 67.3 Å². The molecule has 0 aliphatic carbocycles. The Balaban J connectivity index is 1.33. The minimum atomic E-state index is -0.559. The van der Waals surface area contributed by atoms with Crippen molar-refractivity contribution in [2.75, 3.05) is 50.8 Å². The molecule has 3 aromatic rings. The van der Waals surface area contributed by atoms with Gasteiger partial charge < -0.3 is 24.2 Å². The van der Waals surface area contributed by atoms with Crippen LogP contribution in [0.4, 0.5) is 11.4 Å². The molecule has 0 N–H and O–H groups in total. The summed E-state index contributed by atoms with van der Waals surface area (Å²) >= 11 is 0. The van der Waals surface area contributed by atoms with Crippen LogP contribution in [-0.4, -0.2) is 72.5 Å². The van der Waals surface area contributed by atoms with E-state index in [0.717, 1.165) is 22.4 Å². The third kappa shape index (κ3) is 4.80. The average molecular weight is 571 g/mol. The highest BCUT2D eigenvalue weighted by atomic mass is 16.6. The molecule has 218 valence electrons. The van der Waals surface area contributed by atoms with Crippen LogP contribution in [0.5, 0.6) is 11.5 Å². The Morgan fingerprint density at radius 2 is 1.57 bits per heavy atom. The van der Waals surface area contributed by atoms with Crippen LogP contribution in [0.3, 0.4) is 0 Å². The van der Waals surface area contributed by atoms with Crippen molar-refractivity contribution >= 4 is 23.2 Å². The Morgan fingerprint density at radius 1 is 0.905 bits per heavy atom. The van der Waals surface area contributed by atoms with Crippen molar-refractivity contribution in [3.63, 3.8) is 0 Å². The molecule has 6 rings (SSSR count). The molecule has 3 heterocycles. The van der Waals surface area contributed by atoms with E-state index in [0.29, 0.717) is 69.4 Å². The molecular formula is C32H34N4O6. The Morgan fingerprint density at radius 3 is 2.24 bits per heavy atom. The van der Waals surface area contributed by atoms with Crippen LogP contribution in [0.2, 0.25) is 0 Å². The number of nitro benzene ring substituents is 1. The van der Waals surface area contributed by atoms with Gasteiger partial charge in [0.1, 0.15) is 0 Å². The number of fused-ring (bicyclic) bond motifs is 4. The summed E-state index contributed by atoms with van der Waals surface area (Å²) in [6, 6.07) is 17.5. The summed E-state index contributed by atoms with van der Waals surface area (Å²) in [5.41, 5.74) is 4.27. The van der Waals surface area contributed by atoms with Gasteiger partial charge in [-0.1, -0.05) is 18.2 Å². The summed E-state index contributed by atoms with van der Waals surface area (Å²) in [5, 5.41) is 11.0. The van der Waals surface area contributed by atoms with Gasteiger partial charge in [0.15, 0.2) is 11.5 Å². The normalized spacial score (nSPS) is 19.5. The van der Waals surface area contributed by atoms with Gasteiger partial charge in [0, 0.05) is 56.1 Å². The first-order chi connectivity index (χ1) is 20.4. The van der Waals surface area contributed by atoms with Gasteiger partial charge >= 0.3 is 0 Å². The second kappa shape index (κ2) is 11.3. The number of anilines is 1. The molecule has 42 heavy (non-hydrogen) atoms. The van der Waals surface area contributed by atoms with E-state index in [1.807, 2.05) is 60.0 Å². The van der Waals surface area contributed by atoms with Crippen molar-refractivity contribution in [2.24, 2.45) is 0 Å². The quantitative estimate of drug-likeness (QED) is 0.303. The molecule has 0 radical (unpaired) electrons. The van der Waals surface area contributed by atoms with Crippen molar-refractivity contribution in [1.29, 1.82) is 0 Å². The topological polar surface area (TPSA) is 105 Å². The summed E-state index contributed by atoms with van der Waals surface area (Å²) < 4.78 is 11.8. The largest absolute Gasteiger partial charge is 0.490 e. The van der Waals surface area contributed by atoms with Crippen LogP contribution in [0.25, 0.3) is 0 Å². The van der Waals surface area contributed by atoms with Crippen LogP contribution in [-0.2, 0) is 11.2 Å². The van der Waals surface area contributed by atoms with Gasteiger partial charge in [-0.15, -0.1) is 0 Å². The summed E-state index contributed by atoms with van der Waals surface area (Å²) in [4.78, 5) is 44.7. The number of rotatable bonds is 7. The van der Waals surface area contributed by atoms with Crippen molar-refractivity contribution in [3.8, 4) is 11.5 Å². The van der Waals surface area contributed by atoms with Gasteiger partial charge in [0.05, 0.1) is 30.1 Å². The lowest BCUT2D eigenvalue weighted by molar-refractivity contribution is -0.384. The molecule has 10 heteroatoms. The summed E-state index contributed by atoms with van der Waals surface area (Å²) in [5.74, 6) is 0.679. The summed E-state index contributed by atoms with van der Waals surface area (Å²) in [6.07, 6.45) is 0.668. The number of nitrogens with zero attached hydrogens (tertiary/aromatic N) is 4. The maximum absolute atomic E-state index is 14.5. The predicted molar refractivity (Wildman–Crippen MR) is 157 cm³/mol. The third-order valence-corrected chi connectivity index (χ3v) is 8.47. The SMILES string of the molecule is CCOc1cc2c(cc1OCC)[C@H]1[C@H](C(=O)N3CCN(c4ccc([N+](=O)[O-])cc4)CC3)c3ccccc3C(=O)N1CC2. The maximum Gasteiger partial charge on any atom is 0.269 e. The molecule has 2 amide bonds. The van der Waals surface area contributed by atoms with E-state index < -0.39 is 16.9 Å². The first-order valence-corrected chi connectivity index (χ1v) is 14.5. The number of hydrogen-bond donors (Lipinski definition) is 0. The van der Waals surface area contributed by atoms with E-state index >= 15 is 0 Å². The monoisotopic (exact) mass is 570 g/mol. The Kier molecular flexibility index (Phi) is 7.45. The zero-order valence-electron chi connectivity index (χ0n) is 23.8. The van der Waals surface area contributed by atoms with Gasteiger partial charge in [-0.25, -0.2) is 0 Å². The van der Waals surface area contributed by atoms with Crippen LogP contribution in [0.1, 0.15) is 52.9 Å². The molecule has 1 fully saturated rings. The molecule has 3 aliphatic heterocycles. The number of benzene rings is 3. The third-order valence-electron chi connectivity index (χ3n) is 8.47. The van der Waals surface area contributed by atoms with E-state index in [4.69, 9.17) is 9.47 Å². The van der Waals surface area contributed by atoms with E-state index in [2.05, 4.69) is 4.90 Å². The van der Waals surface area contributed by atoms with Crippen LogP contribution in [0, 0.1) is 10.1 Å². The van der Waals surface area contributed by atoms with E-state index in [-0.39, 0.29) is 17.5 Å². The molecular weight excluding hydrogens is 536 g/mol. The summed E-state index contributed by atoms with van der Waals surface area (Å²) in [7, 11) is 0. The van der Waals surface area contributed by atoms with Crippen molar-refractivity contribution in [2.45, 2.75) is 32.2 Å². The predicted octanol–water partition coefficient (Wildman–Crippen LogP) is 4.58. The second-order valence-electron chi connectivity index (χ2n) is 10.7. The molecule has 3 aromatic carbocycles. The van der Waals surface area contributed by atoms with E-state index in [1.54, 1.807) is 12.1 Å². The lowest BCUT2D eigenvalue weighted by Gasteiger charge is -2.47. The van der Waals surface area contributed by atoms with E-state index in [9.17, 15) is 19.7 Å². The Labute approximate surface area is 244 Å². The fourth-order valence-corrected chi connectivity index (χ4v) is 6.50. The number of non-ortho nitro benzene ring substituents is 1. The molecule has 2 atom stereocenters. The lowest BCUT2D eigenvalue weighted by atomic mass is 9.75. The first kappa shape index (κ1) is 27.6. The lowest BCUT2D eigenvalue weighted by Crippen LogP contribution is -2.54. The molecule has 0 aromatic heterocycles. The van der Waals surface area contributed by atoms with Crippen molar-refractivity contribution in [1.82, 2.24) is 9.80 Å². The first-order valence-electron chi connectivity index (χ1n) is 14.5. The standard InChI is InChI=1S/C32H34N4O6/c1-3-41-27-19-21-13-14-35-30(26(21)20-28(27)42-4-2)29(24-7-5-6-8-25(24)31(35)37)32(38)34-17-15-33(16-18-34)22-9-11-23(12-10-22)36(39)40/h5-12,19-20,29-30H,3-4,13-18H2,1-2H3/t29-,30+/m1/s1. The second-order valence-corrected chi connectivity index (χ2v) is 10.7. The van der Waals surface area contributed by atoms with Gasteiger partial charge in [-0.2, -0.15) is 0 Å². The average Bonchev–Trinajstić information content (AvgIpc) is 3.01. The zero-order chi connectivity index (χ0) is 29.4. The van der Waals surface area contributed by atoms with Gasteiger partial charge in [-0.3, -0.25) is 19.7 Å².